The Balaban J connectivity index is 0.971. The Morgan fingerprint density at radius 2 is 0.717 bits per heavy atom. The summed E-state index contributed by atoms with van der Waals surface area (Å²) >= 11 is 1.86. The van der Waals surface area contributed by atoms with E-state index in [4.69, 9.17) is 0 Å². The molecule has 11 aromatic rings. The summed E-state index contributed by atoms with van der Waals surface area (Å²) < 4.78 is 2.63. The van der Waals surface area contributed by atoms with Crippen LogP contribution in [0.2, 0.25) is 0 Å². The largest absolute Gasteiger partial charge is 0.310 e. The van der Waals surface area contributed by atoms with Gasteiger partial charge in [0.05, 0.1) is 5.69 Å². The Hall–Kier alpha value is -7.52. The van der Waals surface area contributed by atoms with Gasteiger partial charge in [0.25, 0.3) is 0 Å². The van der Waals surface area contributed by atoms with Gasteiger partial charge in [-0.3, -0.25) is 0 Å². The zero-order valence-electron chi connectivity index (χ0n) is 32.9. The molecule has 11 rings (SSSR count). The molecular formula is C58H39NS. The van der Waals surface area contributed by atoms with Crippen LogP contribution < -0.4 is 4.90 Å². The summed E-state index contributed by atoms with van der Waals surface area (Å²) in [6.45, 7) is 0. The molecule has 0 radical (unpaired) electrons. The summed E-state index contributed by atoms with van der Waals surface area (Å²) in [6.07, 6.45) is 0. The number of fused-ring (bicyclic) bond motifs is 4. The first-order chi connectivity index (χ1) is 29.7. The summed E-state index contributed by atoms with van der Waals surface area (Å²) in [6, 6.07) is 86.1. The molecule has 0 spiro atoms. The van der Waals surface area contributed by atoms with Crippen LogP contribution in [0.4, 0.5) is 17.1 Å². The lowest BCUT2D eigenvalue weighted by Crippen LogP contribution is -2.11. The Morgan fingerprint density at radius 1 is 0.267 bits per heavy atom. The first kappa shape index (κ1) is 35.6. The van der Waals surface area contributed by atoms with E-state index in [-0.39, 0.29) is 0 Å². The zero-order valence-corrected chi connectivity index (χ0v) is 33.7. The average Bonchev–Trinajstić information content (AvgIpc) is 3.71. The molecule has 0 fully saturated rings. The molecule has 0 aliphatic heterocycles. The summed E-state index contributed by atoms with van der Waals surface area (Å²) in [5, 5.41) is 5.14. The van der Waals surface area contributed by atoms with E-state index in [1.165, 1.54) is 86.6 Å². The topological polar surface area (TPSA) is 3.24 Å². The lowest BCUT2D eigenvalue weighted by Gasteiger charge is -2.28. The Morgan fingerprint density at radius 3 is 1.38 bits per heavy atom. The highest BCUT2D eigenvalue weighted by molar-refractivity contribution is 7.25. The van der Waals surface area contributed by atoms with E-state index in [1.54, 1.807) is 0 Å². The molecule has 0 amide bonds. The van der Waals surface area contributed by atoms with E-state index in [2.05, 4.69) is 241 Å². The molecule has 0 unspecified atom stereocenters. The number of anilines is 3. The molecule has 282 valence electrons. The normalized spacial score (nSPS) is 11.3. The van der Waals surface area contributed by atoms with Crippen LogP contribution in [0.5, 0.6) is 0 Å². The van der Waals surface area contributed by atoms with Gasteiger partial charge in [-0.1, -0.05) is 188 Å². The molecule has 0 aliphatic carbocycles. The average molecular weight is 782 g/mol. The highest BCUT2D eigenvalue weighted by atomic mass is 32.1. The zero-order chi connectivity index (χ0) is 39.8. The molecule has 10 aromatic carbocycles. The minimum atomic E-state index is 1.10. The number of nitrogens with zero attached hydrogens (tertiary/aromatic N) is 1. The lowest BCUT2D eigenvalue weighted by molar-refractivity contribution is 1.28. The van der Waals surface area contributed by atoms with Crippen molar-refractivity contribution < 1.29 is 0 Å². The van der Waals surface area contributed by atoms with E-state index in [0.717, 1.165) is 17.1 Å². The van der Waals surface area contributed by atoms with Crippen LogP contribution in [0.15, 0.2) is 237 Å². The van der Waals surface area contributed by atoms with Crippen molar-refractivity contribution in [3.8, 4) is 55.6 Å². The predicted molar refractivity (Wildman–Crippen MR) is 259 cm³/mol. The van der Waals surface area contributed by atoms with Gasteiger partial charge in [0.2, 0.25) is 0 Å². The maximum atomic E-state index is 2.40. The van der Waals surface area contributed by atoms with Gasteiger partial charge in [-0.05, 0) is 109 Å². The van der Waals surface area contributed by atoms with Crippen molar-refractivity contribution in [3.63, 3.8) is 0 Å². The third-order valence-electron chi connectivity index (χ3n) is 11.7. The SMILES string of the molecule is c1ccc(-c2ccc(-c3ccc(N(c4ccc(-c5ccc(-c6cccc7ccccc67)cc5)cc4)c4ccccc4-c4ccc5sc6ccccc6c5c4)cc3)cc2)cc1. The van der Waals surface area contributed by atoms with Gasteiger partial charge in [0.1, 0.15) is 0 Å². The van der Waals surface area contributed by atoms with Crippen LogP contribution in [0.25, 0.3) is 86.6 Å². The molecule has 1 heterocycles. The van der Waals surface area contributed by atoms with Crippen molar-refractivity contribution >= 4 is 59.3 Å². The van der Waals surface area contributed by atoms with Crippen molar-refractivity contribution in [2.75, 3.05) is 4.90 Å². The first-order valence-corrected chi connectivity index (χ1v) is 21.3. The Kier molecular flexibility index (Phi) is 9.11. The van der Waals surface area contributed by atoms with Gasteiger partial charge < -0.3 is 4.90 Å². The highest BCUT2D eigenvalue weighted by Gasteiger charge is 2.19. The van der Waals surface area contributed by atoms with Crippen LogP contribution in [0.1, 0.15) is 0 Å². The molecule has 1 nitrogen and oxygen atoms in total. The molecule has 0 bridgehead atoms. The van der Waals surface area contributed by atoms with Crippen LogP contribution in [0.3, 0.4) is 0 Å². The van der Waals surface area contributed by atoms with Crippen molar-refractivity contribution in [2.45, 2.75) is 0 Å². The maximum absolute atomic E-state index is 2.40. The monoisotopic (exact) mass is 781 g/mol. The fourth-order valence-corrected chi connectivity index (χ4v) is 9.73. The Labute approximate surface area is 354 Å². The number of para-hydroxylation sites is 1. The van der Waals surface area contributed by atoms with Gasteiger partial charge in [-0.2, -0.15) is 0 Å². The number of rotatable bonds is 8. The second-order valence-electron chi connectivity index (χ2n) is 15.3. The number of hydrogen-bond acceptors (Lipinski definition) is 2. The van der Waals surface area contributed by atoms with Crippen LogP contribution in [-0.4, -0.2) is 0 Å². The maximum Gasteiger partial charge on any atom is 0.0540 e. The van der Waals surface area contributed by atoms with Gasteiger partial charge in [0.15, 0.2) is 0 Å². The molecule has 1 aromatic heterocycles. The Bertz CT molecular complexity index is 3270. The highest BCUT2D eigenvalue weighted by Crippen LogP contribution is 2.44. The minimum Gasteiger partial charge on any atom is -0.310 e. The fourth-order valence-electron chi connectivity index (χ4n) is 8.64. The van der Waals surface area contributed by atoms with E-state index < -0.39 is 0 Å². The van der Waals surface area contributed by atoms with Crippen molar-refractivity contribution in [3.05, 3.63) is 237 Å². The fraction of sp³-hybridized carbons (Fsp3) is 0. The third kappa shape index (κ3) is 6.63. The van der Waals surface area contributed by atoms with Crippen molar-refractivity contribution in [1.82, 2.24) is 0 Å². The van der Waals surface area contributed by atoms with Crippen LogP contribution in [-0.2, 0) is 0 Å². The van der Waals surface area contributed by atoms with Gasteiger partial charge in [0, 0.05) is 37.1 Å². The van der Waals surface area contributed by atoms with E-state index in [0.29, 0.717) is 0 Å². The van der Waals surface area contributed by atoms with Crippen LogP contribution >= 0.6 is 11.3 Å². The van der Waals surface area contributed by atoms with E-state index in [9.17, 15) is 0 Å². The van der Waals surface area contributed by atoms with E-state index in [1.807, 2.05) is 11.3 Å². The number of hydrogen-bond donors (Lipinski definition) is 0. The minimum absolute atomic E-state index is 1.10. The third-order valence-corrected chi connectivity index (χ3v) is 12.9. The summed E-state index contributed by atoms with van der Waals surface area (Å²) in [5.74, 6) is 0. The van der Waals surface area contributed by atoms with Gasteiger partial charge in [-0.25, -0.2) is 0 Å². The first-order valence-electron chi connectivity index (χ1n) is 20.5. The molecule has 0 saturated heterocycles. The summed E-state index contributed by atoms with van der Waals surface area (Å²) in [7, 11) is 0. The quantitative estimate of drug-likeness (QED) is 0.148. The van der Waals surface area contributed by atoms with Crippen molar-refractivity contribution in [2.24, 2.45) is 0 Å². The smallest absolute Gasteiger partial charge is 0.0540 e. The number of benzene rings is 10. The molecule has 0 saturated carbocycles. The second kappa shape index (κ2) is 15.3. The van der Waals surface area contributed by atoms with Crippen LogP contribution in [0, 0.1) is 0 Å². The van der Waals surface area contributed by atoms with Gasteiger partial charge >= 0.3 is 0 Å². The molecule has 0 aliphatic rings. The summed E-state index contributed by atoms with van der Waals surface area (Å²) in [5.41, 5.74) is 15.4. The number of thiophene rings is 1. The van der Waals surface area contributed by atoms with Gasteiger partial charge in [-0.15, -0.1) is 11.3 Å². The van der Waals surface area contributed by atoms with E-state index >= 15 is 0 Å². The standard InChI is InChI=1S/C58H39NS/c1-2-11-40(12-3-1)41-21-23-42(24-22-41)44-29-34-49(35-30-44)59(56-19-8-6-16-53(56)48-33-38-58-55(39-48)54-17-7-9-20-57(54)60-58)50-36-31-45(32-37-50)43-25-27-47(28-26-43)52-18-10-14-46-13-4-5-15-51(46)52/h1-39H. The predicted octanol–water partition coefficient (Wildman–Crippen LogP) is 17.0. The molecule has 0 N–H and O–H groups in total. The van der Waals surface area contributed by atoms with Crippen molar-refractivity contribution in [1.29, 1.82) is 0 Å². The molecule has 60 heavy (non-hydrogen) atoms. The lowest BCUT2D eigenvalue weighted by atomic mass is 9.96. The molecular weight excluding hydrogens is 743 g/mol. The molecule has 2 heteroatoms. The second-order valence-corrected chi connectivity index (χ2v) is 16.4. The summed E-state index contributed by atoms with van der Waals surface area (Å²) in [4.78, 5) is 2.40. The molecule has 0 atom stereocenters.